The Morgan fingerprint density at radius 2 is 2.00 bits per heavy atom. The van der Waals surface area contributed by atoms with E-state index in [9.17, 15) is 4.79 Å². The molecule has 2 aromatic rings. The van der Waals surface area contributed by atoms with Crippen LogP contribution in [0.25, 0.3) is 11.5 Å². The summed E-state index contributed by atoms with van der Waals surface area (Å²) < 4.78 is 5.34. The van der Waals surface area contributed by atoms with Crippen molar-refractivity contribution in [2.45, 2.75) is 0 Å². The van der Waals surface area contributed by atoms with Crippen LogP contribution in [0, 0.1) is 0 Å². The Morgan fingerprint density at radius 3 is 2.68 bits per heavy atom. The zero-order chi connectivity index (χ0) is 13.7. The lowest BCUT2D eigenvalue weighted by molar-refractivity contribution is 0.0917. The molecule has 0 fully saturated rings. The number of amides is 1. The Hall–Kier alpha value is -2.21. The number of rotatable bonds is 5. The van der Waals surface area contributed by atoms with Crippen LogP contribution in [0.5, 0.6) is 0 Å². The minimum Gasteiger partial charge on any atom is -0.412 e. The lowest BCUT2D eigenvalue weighted by Crippen LogP contribution is -2.31. The Balaban J connectivity index is 1.99. The van der Waals surface area contributed by atoms with Gasteiger partial charge in [0.1, 0.15) is 0 Å². The van der Waals surface area contributed by atoms with Crippen molar-refractivity contribution in [3.63, 3.8) is 0 Å². The molecule has 2 rings (SSSR count). The van der Waals surface area contributed by atoms with Crippen molar-refractivity contribution in [1.82, 2.24) is 20.4 Å². The molecular weight excluding hydrogens is 244 g/mol. The molecule has 19 heavy (non-hydrogen) atoms. The van der Waals surface area contributed by atoms with Crippen LogP contribution in [-0.4, -0.2) is 48.2 Å². The summed E-state index contributed by atoms with van der Waals surface area (Å²) in [5, 5.41) is 10.3. The molecule has 1 amide bonds. The maximum Gasteiger partial charge on any atom is 0.308 e. The van der Waals surface area contributed by atoms with E-state index in [2.05, 4.69) is 15.5 Å². The fourth-order valence-corrected chi connectivity index (χ4v) is 1.48. The highest BCUT2D eigenvalue weighted by atomic mass is 16.4. The summed E-state index contributed by atoms with van der Waals surface area (Å²) in [6, 6.07) is 9.34. The van der Waals surface area contributed by atoms with E-state index in [1.165, 1.54) is 0 Å². The fraction of sp³-hybridized carbons (Fsp3) is 0.308. The maximum absolute atomic E-state index is 11.7. The minimum atomic E-state index is -0.350. The summed E-state index contributed by atoms with van der Waals surface area (Å²) >= 11 is 0. The second kappa shape index (κ2) is 6.10. The van der Waals surface area contributed by atoms with Gasteiger partial charge in [0.15, 0.2) is 0 Å². The third kappa shape index (κ3) is 3.62. The number of carbonyl (C=O) groups is 1. The zero-order valence-corrected chi connectivity index (χ0v) is 11.0. The van der Waals surface area contributed by atoms with E-state index < -0.39 is 0 Å². The van der Waals surface area contributed by atoms with Gasteiger partial charge in [-0.25, -0.2) is 0 Å². The zero-order valence-electron chi connectivity index (χ0n) is 11.0. The number of benzene rings is 1. The van der Waals surface area contributed by atoms with Gasteiger partial charge in [-0.1, -0.05) is 18.2 Å². The van der Waals surface area contributed by atoms with Crippen LogP contribution >= 0.6 is 0 Å². The monoisotopic (exact) mass is 260 g/mol. The molecule has 1 aromatic carbocycles. The molecule has 0 unspecified atom stereocenters. The van der Waals surface area contributed by atoms with E-state index in [0.717, 1.165) is 12.1 Å². The molecule has 0 aliphatic heterocycles. The lowest BCUT2D eigenvalue weighted by atomic mass is 10.2. The van der Waals surface area contributed by atoms with Gasteiger partial charge in [0.2, 0.25) is 5.89 Å². The maximum atomic E-state index is 11.7. The van der Waals surface area contributed by atoms with Crippen LogP contribution < -0.4 is 5.32 Å². The van der Waals surface area contributed by atoms with Crippen molar-refractivity contribution in [1.29, 1.82) is 0 Å². The molecule has 100 valence electrons. The molecule has 0 aliphatic rings. The first kappa shape index (κ1) is 13.2. The summed E-state index contributed by atoms with van der Waals surface area (Å²) in [5.74, 6) is -0.0208. The molecule has 0 saturated heterocycles. The van der Waals surface area contributed by atoms with Gasteiger partial charge in [-0.05, 0) is 26.2 Å². The van der Waals surface area contributed by atoms with Crippen LogP contribution in [0.4, 0.5) is 0 Å². The third-order valence-electron chi connectivity index (χ3n) is 2.48. The van der Waals surface area contributed by atoms with E-state index in [4.69, 9.17) is 4.42 Å². The minimum absolute atomic E-state index is 0.0161. The second-order valence-corrected chi connectivity index (χ2v) is 4.34. The van der Waals surface area contributed by atoms with Crippen LogP contribution in [0.3, 0.4) is 0 Å². The van der Waals surface area contributed by atoms with Gasteiger partial charge >= 0.3 is 11.8 Å². The van der Waals surface area contributed by atoms with E-state index in [1.807, 2.05) is 49.3 Å². The average molecular weight is 260 g/mol. The van der Waals surface area contributed by atoms with Crippen LogP contribution in [-0.2, 0) is 0 Å². The fourth-order valence-electron chi connectivity index (χ4n) is 1.48. The van der Waals surface area contributed by atoms with Gasteiger partial charge in [-0.15, -0.1) is 10.2 Å². The number of hydrogen-bond donors (Lipinski definition) is 1. The van der Waals surface area contributed by atoms with Gasteiger partial charge < -0.3 is 14.6 Å². The third-order valence-corrected chi connectivity index (χ3v) is 2.48. The van der Waals surface area contributed by atoms with Gasteiger partial charge in [0, 0.05) is 18.7 Å². The quantitative estimate of drug-likeness (QED) is 0.869. The van der Waals surface area contributed by atoms with Crippen molar-refractivity contribution in [3.05, 3.63) is 36.2 Å². The number of nitrogens with zero attached hydrogens (tertiary/aromatic N) is 3. The van der Waals surface area contributed by atoms with Crippen LogP contribution in [0.2, 0.25) is 0 Å². The van der Waals surface area contributed by atoms with Crippen molar-refractivity contribution in [3.8, 4) is 11.5 Å². The molecule has 1 aromatic heterocycles. The highest BCUT2D eigenvalue weighted by Crippen LogP contribution is 2.16. The molecule has 0 bridgehead atoms. The molecule has 6 heteroatoms. The van der Waals surface area contributed by atoms with Gasteiger partial charge in [-0.3, -0.25) is 4.79 Å². The van der Waals surface area contributed by atoms with E-state index >= 15 is 0 Å². The molecule has 0 atom stereocenters. The number of aromatic nitrogens is 2. The molecule has 6 nitrogen and oxygen atoms in total. The Morgan fingerprint density at radius 1 is 1.26 bits per heavy atom. The van der Waals surface area contributed by atoms with Crippen LogP contribution in [0.15, 0.2) is 34.7 Å². The largest absolute Gasteiger partial charge is 0.412 e. The summed E-state index contributed by atoms with van der Waals surface area (Å²) in [7, 11) is 3.87. The first-order valence-corrected chi connectivity index (χ1v) is 5.98. The average Bonchev–Trinajstić information content (AvgIpc) is 2.89. The van der Waals surface area contributed by atoms with E-state index in [0.29, 0.717) is 12.4 Å². The summed E-state index contributed by atoms with van der Waals surface area (Å²) in [5.41, 5.74) is 0.794. The van der Waals surface area contributed by atoms with E-state index in [-0.39, 0.29) is 11.8 Å². The molecule has 1 heterocycles. The van der Waals surface area contributed by atoms with Crippen molar-refractivity contribution >= 4 is 5.91 Å². The summed E-state index contributed by atoms with van der Waals surface area (Å²) in [4.78, 5) is 13.7. The number of hydrogen-bond acceptors (Lipinski definition) is 5. The predicted molar refractivity (Wildman–Crippen MR) is 70.6 cm³/mol. The topological polar surface area (TPSA) is 71.3 Å². The highest BCUT2D eigenvalue weighted by molar-refractivity contribution is 5.89. The highest BCUT2D eigenvalue weighted by Gasteiger charge is 2.15. The normalized spacial score (nSPS) is 10.7. The number of likely N-dealkylation sites (N-methyl/N-ethyl adjacent to an activating group) is 1. The molecule has 0 aliphatic carbocycles. The summed E-state index contributed by atoms with van der Waals surface area (Å²) in [6.45, 7) is 1.29. The first-order chi connectivity index (χ1) is 9.16. The number of nitrogens with one attached hydrogen (secondary N) is 1. The lowest BCUT2D eigenvalue weighted by Gasteiger charge is -2.08. The molecule has 0 saturated carbocycles. The van der Waals surface area contributed by atoms with Crippen molar-refractivity contribution in [2.24, 2.45) is 0 Å². The van der Waals surface area contributed by atoms with Gasteiger partial charge in [0.25, 0.3) is 0 Å². The molecular formula is C13H16N4O2. The number of carbonyl (C=O) groups excluding carboxylic acids is 1. The standard InChI is InChI=1S/C13H16N4O2/c1-17(2)9-8-14-11(18)13-16-15-12(19-13)10-6-4-3-5-7-10/h3-7H,8-9H2,1-2H3,(H,14,18). The SMILES string of the molecule is CN(C)CCNC(=O)c1nnc(-c2ccccc2)o1. The van der Waals surface area contributed by atoms with Crippen LogP contribution in [0.1, 0.15) is 10.7 Å². The van der Waals surface area contributed by atoms with Crippen molar-refractivity contribution in [2.75, 3.05) is 27.2 Å². The molecule has 0 spiro atoms. The van der Waals surface area contributed by atoms with Crippen molar-refractivity contribution < 1.29 is 9.21 Å². The smallest absolute Gasteiger partial charge is 0.308 e. The summed E-state index contributed by atoms with van der Waals surface area (Å²) in [6.07, 6.45) is 0. The Bertz CT molecular complexity index is 537. The molecule has 0 radical (unpaired) electrons. The predicted octanol–water partition coefficient (Wildman–Crippen LogP) is 1.03. The van der Waals surface area contributed by atoms with Gasteiger partial charge in [-0.2, -0.15) is 0 Å². The van der Waals surface area contributed by atoms with E-state index in [1.54, 1.807) is 0 Å². The van der Waals surface area contributed by atoms with Gasteiger partial charge in [0.05, 0.1) is 0 Å². The molecule has 1 N–H and O–H groups in total. The second-order valence-electron chi connectivity index (χ2n) is 4.34. The first-order valence-electron chi connectivity index (χ1n) is 5.98. The Kier molecular flexibility index (Phi) is 4.25. The Labute approximate surface area is 111 Å².